The second kappa shape index (κ2) is 12.8. The van der Waals surface area contributed by atoms with Crippen molar-refractivity contribution in [1.82, 2.24) is 14.4 Å². The van der Waals surface area contributed by atoms with Crippen molar-refractivity contribution in [3.05, 3.63) is 206 Å². The maximum absolute atomic E-state index is 5.41. The molecule has 0 spiro atoms. The number of rotatable bonds is 5. The van der Waals surface area contributed by atoms with E-state index >= 15 is 0 Å². The fourth-order valence-electron chi connectivity index (χ4n) is 10.2. The van der Waals surface area contributed by atoms with E-state index in [0.29, 0.717) is 0 Å². The number of nitrogens with zero attached hydrogens (tertiary/aromatic N) is 4. The number of fused-ring (bicyclic) bond motifs is 12. The Kier molecular flexibility index (Phi) is 7.43. The lowest BCUT2D eigenvalue weighted by Gasteiger charge is -2.42. The highest BCUT2D eigenvalue weighted by molar-refractivity contribution is 7.26. The molecule has 0 radical (unpaired) electrons. The van der Waals surface area contributed by atoms with Gasteiger partial charge in [-0.25, -0.2) is 9.97 Å². The first-order valence-corrected chi connectivity index (χ1v) is 23.0. The van der Waals surface area contributed by atoms with Gasteiger partial charge in [0, 0.05) is 66.2 Å². The molecule has 4 nitrogen and oxygen atoms in total. The minimum atomic E-state index is -3.01. The van der Waals surface area contributed by atoms with Gasteiger partial charge in [-0.3, -0.25) is 9.30 Å². The van der Waals surface area contributed by atoms with Crippen molar-refractivity contribution >= 4 is 105 Å². The van der Waals surface area contributed by atoms with Gasteiger partial charge in [-0.2, -0.15) is 0 Å². The number of para-hydroxylation sites is 2. The van der Waals surface area contributed by atoms with E-state index in [1.54, 1.807) is 0 Å². The molecular weight excluding hydrogens is 753 g/mol. The number of benzene rings is 7. The fourth-order valence-corrected chi connectivity index (χ4v) is 16.3. The summed E-state index contributed by atoms with van der Waals surface area (Å²) in [7, 11) is -3.01. The largest absolute Gasteiger partial charge is 0.299 e. The van der Waals surface area contributed by atoms with Crippen LogP contribution < -0.4 is 25.6 Å². The molecular formula is C53H38N4SSi. The van der Waals surface area contributed by atoms with Crippen LogP contribution >= 0.6 is 11.3 Å². The van der Waals surface area contributed by atoms with Gasteiger partial charge in [0.05, 0.1) is 11.2 Å². The van der Waals surface area contributed by atoms with E-state index in [0.717, 1.165) is 28.1 Å². The molecule has 0 unspecified atom stereocenters. The number of imidazole rings is 1. The van der Waals surface area contributed by atoms with Crippen LogP contribution in [0.5, 0.6) is 0 Å². The molecule has 280 valence electrons. The molecule has 5 heterocycles. The van der Waals surface area contributed by atoms with E-state index in [-0.39, 0.29) is 5.41 Å². The van der Waals surface area contributed by atoms with Gasteiger partial charge in [-0.05, 0) is 62.0 Å². The summed E-state index contributed by atoms with van der Waals surface area (Å²) in [5, 5.41) is 11.3. The Morgan fingerprint density at radius 3 is 2.03 bits per heavy atom. The van der Waals surface area contributed by atoms with Crippen LogP contribution in [0.15, 0.2) is 195 Å². The summed E-state index contributed by atoms with van der Waals surface area (Å²) in [6.07, 6.45) is 6.12. The van der Waals surface area contributed by atoms with Crippen molar-refractivity contribution < 1.29 is 0 Å². The van der Waals surface area contributed by atoms with Crippen molar-refractivity contribution in [2.24, 2.45) is 0 Å². The highest BCUT2D eigenvalue weighted by atomic mass is 32.1. The van der Waals surface area contributed by atoms with Gasteiger partial charge in [0.25, 0.3) is 0 Å². The minimum absolute atomic E-state index is 0.270. The van der Waals surface area contributed by atoms with E-state index in [9.17, 15) is 0 Å². The highest BCUT2D eigenvalue weighted by Crippen LogP contribution is 2.54. The van der Waals surface area contributed by atoms with Gasteiger partial charge in [0.1, 0.15) is 11.5 Å². The lowest BCUT2D eigenvalue weighted by Crippen LogP contribution is -2.74. The van der Waals surface area contributed by atoms with Crippen molar-refractivity contribution in [2.75, 3.05) is 4.90 Å². The summed E-state index contributed by atoms with van der Waals surface area (Å²) >= 11 is 1.89. The summed E-state index contributed by atoms with van der Waals surface area (Å²) in [5.41, 5.74) is 6.71. The molecule has 0 aliphatic carbocycles. The standard InChI is InChI=1S/C53H38N4SSi/c1-53(2)45-24-11-13-26-47(45)57(52-49(53)50-44(34-55-52)42-23-10-14-27-48(42)58-50)35-16-15-21-38(32-35)59(36-17-5-3-6-18-36,37-19-7-4-8-20-37)39-28-29-40-41-22-9-12-25-46(41)56-31-30-54-51(56)43(40)33-39/h3-34H,1-2H3. The summed E-state index contributed by atoms with van der Waals surface area (Å²) in [5.74, 6) is 0.996. The summed E-state index contributed by atoms with van der Waals surface area (Å²) in [6.45, 7) is 4.74. The Morgan fingerprint density at radius 2 is 1.22 bits per heavy atom. The van der Waals surface area contributed by atoms with Crippen molar-refractivity contribution in [2.45, 2.75) is 19.3 Å². The smallest absolute Gasteiger partial charge is 0.179 e. The van der Waals surface area contributed by atoms with Crippen LogP contribution in [0, 0.1) is 0 Å². The average Bonchev–Trinajstić information content (AvgIpc) is 3.94. The number of thiophene rings is 1. The summed E-state index contributed by atoms with van der Waals surface area (Å²) in [6, 6.07) is 65.4. The van der Waals surface area contributed by atoms with Crippen molar-refractivity contribution in [3.63, 3.8) is 0 Å². The van der Waals surface area contributed by atoms with Crippen molar-refractivity contribution in [1.29, 1.82) is 0 Å². The lowest BCUT2D eigenvalue weighted by atomic mass is 9.74. The van der Waals surface area contributed by atoms with Crippen LogP contribution in [0.25, 0.3) is 47.5 Å². The third-order valence-electron chi connectivity index (χ3n) is 12.8. The van der Waals surface area contributed by atoms with E-state index in [1.807, 2.05) is 17.5 Å². The highest BCUT2D eigenvalue weighted by Gasteiger charge is 2.44. The molecule has 0 saturated heterocycles. The van der Waals surface area contributed by atoms with Crippen LogP contribution in [0.3, 0.4) is 0 Å². The molecule has 0 amide bonds. The van der Waals surface area contributed by atoms with Crippen LogP contribution in [0.4, 0.5) is 17.2 Å². The molecule has 11 aromatic rings. The normalized spacial score (nSPS) is 13.7. The van der Waals surface area contributed by atoms with Gasteiger partial charge >= 0.3 is 0 Å². The first kappa shape index (κ1) is 34.2. The predicted molar refractivity (Wildman–Crippen MR) is 251 cm³/mol. The summed E-state index contributed by atoms with van der Waals surface area (Å²) < 4.78 is 4.84. The molecule has 7 aromatic carbocycles. The van der Waals surface area contributed by atoms with Gasteiger partial charge in [0.15, 0.2) is 8.07 Å². The number of pyridine rings is 2. The quantitative estimate of drug-likeness (QED) is 0.0989. The van der Waals surface area contributed by atoms with Gasteiger partial charge in [0.2, 0.25) is 0 Å². The Labute approximate surface area is 347 Å². The number of anilines is 3. The molecule has 0 saturated carbocycles. The minimum Gasteiger partial charge on any atom is -0.299 e. The average molecular weight is 791 g/mol. The molecule has 0 atom stereocenters. The zero-order valence-corrected chi connectivity index (χ0v) is 34.5. The Balaban J connectivity index is 1.16. The monoisotopic (exact) mass is 790 g/mol. The Morgan fingerprint density at radius 1 is 0.542 bits per heavy atom. The van der Waals surface area contributed by atoms with E-state index in [1.165, 1.54) is 68.5 Å². The second-order valence-corrected chi connectivity index (χ2v) is 21.1. The zero-order valence-electron chi connectivity index (χ0n) is 32.7. The number of aromatic nitrogens is 3. The zero-order chi connectivity index (χ0) is 39.3. The van der Waals surface area contributed by atoms with E-state index in [4.69, 9.17) is 9.97 Å². The van der Waals surface area contributed by atoms with E-state index < -0.39 is 8.07 Å². The molecule has 59 heavy (non-hydrogen) atoms. The Bertz CT molecular complexity index is 3400. The first-order valence-electron chi connectivity index (χ1n) is 20.2. The third-order valence-corrected chi connectivity index (χ3v) is 18.8. The van der Waals surface area contributed by atoms with Crippen LogP contribution in [-0.2, 0) is 5.41 Å². The first-order chi connectivity index (χ1) is 29.0. The maximum atomic E-state index is 5.41. The van der Waals surface area contributed by atoms with Crippen molar-refractivity contribution in [3.8, 4) is 0 Å². The molecule has 0 fully saturated rings. The van der Waals surface area contributed by atoms with Gasteiger partial charge < -0.3 is 0 Å². The number of hydrogen-bond donors (Lipinski definition) is 0. The van der Waals surface area contributed by atoms with Gasteiger partial charge in [-0.15, -0.1) is 11.3 Å². The second-order valence-electron chi connectivity index (χ2n) is 16.2. The molecule has 6 heteroatoms. The number of hydrogen-bond acceptors (Lipinski definition) is 4. The lowest BCUT2D eigenvalue weighted by molar-refractivity contribution is 0.635. The molecule has 12 rings (SSSR count). The molecule has 1 aliphatic heterocycles. The summed E-state index contributed by atoms with van der Waals surface area (Å²) in [4.78, 5) is 12.8. The predicted octanol–water partition coefficient (Wildman–Crippen LogP) is 10.9. The van der Waals surface area contributed by atoms with Crippen LogP contribution in [0.2, 0.25) is 0 Å². The molecule has 4 aromatic heterocycles. The van der Waals surface area contributed by atoms with Gasteiger partial charge in [-0.1, -0.05) is 159 Å². The van der Waals surface area contributed by atoms with Crippen LogP contribution in [-0.4, -0.2) is 22.4 Å². The Hall–Kier alpha value is -6.86. The van der Waals surface area contributed by atoms with E-state index in [2.05, 4.69) is 211 Å². The van der Waals surface area contributed by atoms with Crippen LogP contribution in [0.1, 0.15) is 25.0 Å². The molecule has 1 aliphatic rings. The SMILES string of the molecule is CC1(C)c2ccccc2N(c2cccc([Si](c3ccccc3)(c3ccccc3)c3ccc4c5ccccc5n5ccnc5c4c3)c2)c2ncc3c(sc4ccccc43)c21. The maximum Gasteiger partial charge on any atom is 0.179 e. The topological polar surface area (TPSA) is 33.4 Å². The third kappa shape index (κ3) is 4.81. The fraction of sp³-hybridized carbons (Fsp3) is 0.0566. The molecule has 0 N–H and O–H groups in total. The molecule has 0 bridgehead atoms.